The lowest BCUT2D eigenvalue weighted by Gasteiger charge is -2.63. The minimum atomic E-state index is -0.434. The normalized spacial score (nSPS) is 48.1. The van der Waals surface area contributed by atoms with E-state index in [1.807, 2.05) is 18.2 Å². The third-order valence-corrected chi connectivity index (χ3v) is 22.7. The summed E-state index contributed by atoms with van der Waals surface area (Å²) in [6, 6.07) is 8.04. The Morgan fingerprint density at radius 2 is 0.985 bits per heavy atom. The van der Waals surface area contributed by atoms with Crippen LogP contribution >= 0.6 is 0 Å². The molecule has 8 aliphatic carbocycles. The fourth-order valence-electron chi connectivity index (χ4n) is 18.8. The zero-order valence-corrected chi connectivity index (χ0v) is 41.3. The molecule has 9 rings (SSSR count). The van der Waals surface area contributed by atoms with E-state index in [1.165, 1.54) is 0 Å². The molecule has 2 amide bonds. The van der Waals surface area contributed by atoms with Crippen molar-refractivity contribution in [2.75, 3.05) is 0 Å². The van der Waals surface area contributed by atoms with Crippen LogP contribution in [-0.4, -0.2) is 79.1 Å². The van der Waals surface area contributed by atoms with Crippen molar-refractivity contribution in [3.63, 3.8) is 0 Å². The van der Waals surface area contributed by atoms with Crippen LogP contribution in [0.3, 0.4) is 0 Å². The summed E-state index contributed by atoms with van der Waals surface area (Å²) in [5, 5.41) is 74.5. The van der Waals surface area contributed by atoms with Crippen LogP contribution in [-0.2, 0) is 22.7 Å². The molecule has 8 fully saturated rings. The third kappa shape index (κ3) is 8.35. The minimum Gasteiger partial charge on any atom is -0.393 e. The molecule has 8 saturated carbocycles. The largest absolute Gasteiger partial charge is 0.393 e. The predicted molar refractivity (Wildman–Crippen MR) is 255 cm³/mol. The zero-order chi connectivity index (χ0) is 47.1. The molecule has 1 aromatic rings. The van der Waals surface area contributed by atoms with Crippen LogP contribution in [0.25, 0.3) is 0 Å². The first kappa shape index (κ1) is 48.9. The Morgan fingerprint density at radius 1 is 0.576 bits per heavy atom. The molecule has 8 N–H and O–H groups in total. The van der Waals surface area contributed by atoms with Crippen LogP contribution < -0.4 is 10.6 Å². The van der Waals surface area contributed by atoms with Gasteiger partial charge in [-0.2, -0.15) is 0 Å². The molecule has 370 valence electrons. The van der Waals surface area contributed by atoms with Gasteiger partial charge in [0, 0.05) is 25.9 Å². The molecule has 10 nitrogen and oxygen atoms in total. The number of carbonyl (C=O) groups excluding carboxylic acids is 2. The number of benzene rings is 1. The van der Waals surface area contributed by atoms with Crippen molar-refractivity contribution in [3.05, 3.63) is 35.4 Å². The van der Waals surface area contributed by atoms with Gasteiger partial charge in [-0.05, 0) is 207 Å². The molecular weight excluding hydrogens is 829 g/mol. The first-order chi connectivity index (χ1) is 31.3. The van der Waals surface area contributed by atoms with Gasteiger partial charge in [-0.3, -0.25) is 9.59 Å². The molecule has 0 radical (unpaired) electrons. The summed E-state index contributed by atoms with van der Waals surface area (Å²) in [4.78, 5) is 26.5. The summed E-state index contributed by atoms with van der Waals surface area (Å²) >= 11 is 0. The Labute approximate surface area is 396 Å². The molecule has 0 spiro atoms. The molecule has 0 aromatic heterocycles. The first-order valence-electron chi connectivity index (χ1n) is 27.0. The minimum absolute atomic E-state index is 0.0191. The molecular formula is C56H88N2O8. The monoisotopic (exact) mass is 917 g/mol. The van der Waals surface area contributed by atoms with E-state index in [4.69, 9.17) is 0 Å². The van der Waals surface area contributed by atoms with Gasteiger partial charge in [0.25, 0.3) is 0 Å². The van der Waals surface area contributed by atoms with E-state index in [-0.39, 0.29) is 105 Å². The van der Waals surface area contributed by atoms with Crippen molar-refractivity contribution < 1.29 is 40.2 Å². The SMILES string of the molecule is C[C@H](CCC(=O)NCc1cccc(CNC(=O)CC[C@@H](C)[C@H]2CC[C@H]3[C@@H]4[C@H](O)CC5C[C@H](O)CC[C@]5(C)[C@H]4C[C@H](O)[C@]23C)c1)[C@H]1CC[C@H]2[C@@H]3[C@H](O)CC4C[C@H](O)CC[C@]4(C)[C@H]3C[C@H](O)[C@]12C. The maximum Gasteiger partial charge on any atom is 0.220 e. The Bertz CT molecular complexity index is 1780. The summed E-state index contributed by atoms with van der Waals surface area (Å²) in [6.07, 6.45) is 12.3. The predicted octanol–water partition coefficient (Wildman–Crippen LogP) is 7.67. The number of nitrogens with one attached hydrogen (secondary N) is 2. The topological polar surface area (TPSA) is 180 Å². The molecule has 22 atom stereocenters. The number of rotatable bonds is 12. The fraction of sp³-hybridized carbons (Fsp3) is 0.857. The number of aliphatic hydroxyl groups is 6. The van der Waals surface area contributed by atoms with Crippen molar-refractivity contribution in [2.45, 2.75) is 207 Å². The second-order valence-electron chi connectivity index (χ2n) is 25.5. The smallest absolute Gasteiger partial charge is 0.220 e. The summed E-state index contributed by atoms with van der Waals surface area (Å²) in [6.45, 7) is 14.6. The highest BCUT2D eigenvalue weighted by atomic mass is 16.3. The van der Waals surface area contributed by atoms with E-state index < -0.39 is 12.2 Å². The Hall–Kier alpha value is -2.08. The molecule has 1 aromatic carbocycles. The maximum absolute atomic E-state index is 13.3. The van der Waals surface area contributed by atoms with Gasteiger partial charge in [-0.15, -0.1) is 0 Å². The standard InChI is InChI=1S/C56H88N2O8/c1-31(39-12-14-41-51-43(27-47(63)55(39,41)5)53(3)20-18-37(59)23-35(53)25-45(51)61)10-16-49(65)57-29-33-8-7-9-34(22-33)30-58-50(66)17-11-32(2)40-13-15-42-52-44(28-48(64)56(40,42)6)54(4)21-19-38(60)24-36(54)26-46(52)62/h7-9,22,31-32,35-48,51-52,59-64H,10-21,23-30H2,1-6H3,(H,57,65)(H,58,66)/t31-,32-,35?,36?,37-,38-,39-,40-,41+,42+,43+,44+,45-,46-,47+,48+,51+,52+,53+,54+,55-,56-/m1/s1. The van der Waals surface area contributed by atoms with Crippen LogP contribution in [0.15, 0.2) is 24.3 Å². The fourth-order valence-corrected chi connectivity index (χ4v) is 18.8. The summed E-state index contributed by atoms with van der Waals surface area (Å²) < 4.78 is 0. The van der Waals surface area contributed by atoms with Gasteiger partial charge in [0.2, 0.25) is 11.8 Å². The third-order valence-electron chi connectivity index (χ3n) is 22.7. The van der Waals surface area contributed by atoms with E-state index in [0.29, 0.717) is 49.6 Å². The summed E-state index contributed by atoms with van der Waals surface area (Å²) in [7, 11) is 0. The zero-order valence-electron chi connectivity index (χ0n) is 41.3. The quantitative estimate of drug-likeness (QED) is 0.105. The second-order valence-corrected chi connectivity index (χ2v) is 25.5. The van der Waals surface area contributed by atoms with Gasteiger partial charge in [-0.1, -0.05) is 65.8 Å². The van der Waals surface area contributed by atoms with Gasteiger partial charge >= 0.3 is 0 Å². The molecule has 8 aliphatic rings. The molecule has 0 aliphatic heterocycles. The van der Waals surface area contributed by atoms with Crippen molar-refractivity contribution in [3.8, 4) is 0 Å². The van der Waals surface area contributed by atoms with Crippen molar-refractivity contribution in [2.24, 2.45) is 92.7 Å². The lowest BCUT2D eigenvalue weighted by Crippen LogP contribution is -2.62. The number of hydrogen-bond acceptors (Lipinski definition) is 8. The number of hydrogen-bond donors (Lipinski definition) is 8. The van der Waals surface area contributed by atoms with Gasteiger partial charge in [0.05, 0.1) is 36.6 Å². The molecule has 2 unspecified atom stereocenters. The van der Waals surface area contributed by atoms with Crippen LogP contribution in [0.1, 0.15) is 168 Å². The molecule has 66 heavy (non-hydrogen) atoms. The van der Waals surface area contributed by atoms with E-state index in [2.05, 4.69) is 58.2 Å². The number of fused-ring (bicyclic) bond motifs is 10. The number of aliphatic hydroxyl groups excluding tert-OH is 6. The first-order valence-corrected chi connectivity index (χ1v) is 27.0. The number of amides is 2. The second kappa shape index (κ2) is 18.6. The Balaban J connectivity index is 0.720. The van der Waals surface area contributed by atoms with Crippen LogP contribution in [0, 0.1) is 92.7 Å². The summed E-state index contributed by atoms with van der Waals surface area (Å²) in [5.41, 5.74) is 1.52. The number of carbonyl (C=O) groups is 2. The van der Waals surface area contributed by atoms with Crippen LogP contribution in [0.4, 0.5) is 0 Å². The molecule has 0 saturated heterocycles. The Morgan fingerprint density at radius 3 is 1.39 bits per heavy atom. The van der Waals surface area contributed by atoms with E-state index in [1.54, 1.807) is 0 Å². The van der Waals surface area contributed by atoms with E-state index in [9.17, 15) is 40.2 Å². The average Bonchev–Trinajstić information content (AvgIpc) is 3.83. The summed E-state index contributed by atoms with van der Waals surface area (Å²) in [5.74, 6) is 3.21. The average molecular weight is 917 g/mol. The molecule has 0 bridgehead atoms. The van der Waals surface area contributed by atoms with Crippen molar-refractivity contribution >= 4 is 11.8 Å². The highest BCUT2D eigenvalue weighted by Gasteiger charge is 2.67. The molecule has 0 heterocycles. The Kier molecular flexibility index (Phi) is 13.8. The highest BCUT2D eigenvalue weighted by Crippen LogP contribution is 2.70. The van der Waals surface area contributed by atoms with Gasteiger partial charge in [0.1, 0.15) is 0 Å². The van der Waals surface area contributed by atoms with Crippen molar-refractivity contribution in [1.82, 2.24) is 10.6 Å². The highest BCUT2D eigenvalue weighted by molar-refractivity contribution is 5.76. The van der Waals surface area contributed by atoms with Crippen LogP contribution in [0.2, 0.25) is 0 Å². The van der Waals surface area contributed by atoms with Crippen LogP contribution in [0.5, 0.6) is 0 Å². The van der Waals surface area contributed by atoms with Gasteiger partial charge < -0.3 is 41.3 Å². The van der Waals surface area contributed by atoms with Gasteiger partial charge in [0.15, 0.2) is 0 Å². The maximum atomic E-state index is 13.3. The van der Waals surface area contributed by atoms with E-state index >= 15 is 0 Å². The molecule has 10 heteroatoms. The van der Waals surface area contributed by atoms with E-state index in [0.717, 1.165) is 114 Å². The van der Waals surface area contributed by atoms with Gasteiger partial charge in [-0.25, -0.2) is 0 Å². The lowest BCUT2D eigenvalue weighted by molar-refractivity contribution is -0.207. The lowest BCUT2D eigenvalue weighted by atomic mass is 9.43. The van der Waals surface area contributed by atoms with Crippen molar-refractivity contribution in [1.29, 1.82) is 0 Å².